The van der Waals surface area contributed by atoms with Gasteiger partial charge in [-0.1, -0.05) is 54.2 Å². The normalized spacial score (nSPS) is 10.5. The molecular formula is C25H20FN5O2S. The van der Waals surface area contributed by atoms with E-state index in [0.717, 1.165) is 11.3 Å². The molecule has 9 heteroatoms. The van der Waals surface area contributed by atoms with Gasteiger partial charge in [0.25, 0.3) is 0 Å². The van der Waals surface area contributed by atoms with Crippen molar-refractivity contribution in [3.63, 3.8) is 0 Å². The predicted molar refractivity (Wildman–Crippen MR) is 127 cm³/mol. The van der Waals surface area contributed by atoms with Crippen molar-refractivity contribution in [2.24, 2.45) is 0 Å². The summed E-state index contributed by atoms with van der Waals surface area (Å²) in [7, 11) is 0. The van der Waals surface area contributed by atoms with E-state index in [0.29, 0.717) is 23.1 Å². The van der Waals surface area contributed by atoms with Crippen LogP contribution in [-0.4, -0.2) is 26.4 Å². The summed E-state index contributed by atoms with van der Waals surface area (Å²) in [6, 6.07) is 24.8. The zero-order valence-corrected chi connectivity index (χ0v) is 18.8. The number of nitriles is 1. The molecule has 4 aromatic rings. The molecule has 1 N–H and O–H groups in total. The van der Waals surface area contributed by atoms with Crippen molar-refractivity contribution in [3.05, 3.63) is 96.1 Å². The maximum atomic E-state index is 13.9. The predicted octanol–water partition coefficient (Wildman–Crippen LogP) is 4.78. The molecule has 0 aliphatic carbocycles. The third-order valence-electron chi connectivity index (χ3n) is 4.76. The highest BCUT2D eigenvalue weighted by molar-refractivity contribution is 7.99. The Hall–Kier alpha value is -4.16. The maximum absolute atomic E-state index is 13.9. The lowest BCUT2D eigenvalue weighted by molar-refractivity contribution is -0.113. The van der Waals surface area contributed by atoms with Crippen molar-refractivity contribution in [1.82, 2.24) is 14.8 Å². The largest absolute Gasteiger partial charge is 0.483 e. The number of hydrogen-bond acceptors (Lipinski definition) is 6. The Bertz CT molecular complexity index is 1300. The second-order valence-electron chi connectivity index (χ2n) is 7.16. The zero-order chi connectivity index (χ0) is 23.8. The molecule has 1 aromatic heterocycles. The summed E-state index contributed by atoms with van der Waals surface area (Å²) in [5, 5.41) is 20.6. The number of carbonyl (C=O) groups is 1. The van der Waals surface area contributed by atoms with Gasteiger partial charge in [-0.25, -0.2) is 4.39 Å². The Morgan fingerprint density at radius 2 is 1.76 bits per heavy atom. The molecule has 0 saturated carbocycles. The number of aromatic nitrogens is 3. The van der Waals surface area contributed by atoms with Crippen molar-refractivity contribution in [1.29, 1.82) is 5.26 Å². The van der Waals surface area contributed by atoms with Crippen LogP contribution in [0.15, 0.2) is 84.0 Å². The van der Waals surface area contributed by atoms with Gasteiger partial charge >= 0.3 is 0 Å². The summed E-state index contributed by atoms with van der Waals surface area (Å²) in [6.45, 7) is 0.00459. The van der Waals surface area contributed by atoms with Crippen LogP contribution in [0.1, 0.15) is 11.4 Å². The topological polar surface area (TPSA) is 92.8 Å². The van der Waals surface area contributed by atoms with Crippen LogP contribution in [0, 0.1) is 17.1 Å². The molecule has 170 valence electrons. The average molecular weight is 474 g/mol. The van der Waals surface area contributed by atoms with E-state index in [2.05, 4.69) is 21.6 Å². The maximum Gasteiger partial charge on any atom is 0.234 e. The SMILES string of the molecule is N#CCc1ccc(NC(=O)CSc2nnc(COc3ccccc3F)n2-c2ccccc2)cc1. The third-order valence-corrected chi connectivity index (χ3v) is 5.69. The van der Waals surface area contributed by atoms with Gasteiger partial charge in [0.05, 0.1) is 18.2 Å². The molecule has 0 bridgehead atoms. The molecule has 7 nitrogen and oxygen atoms in total. The van der Waals surface area contributed by atoms with Crippen LogP contribution in [0.5, 0.6) is 5.75 Å². The van der Waals surface area contributed by atoms with Gasteiger partial charge in [-0.2, -0.15) is 5.26 Å². The fourth-order valence-electron chi connectivity index (χ4n) is 3.15. The molecule has 0 saturated heterocycles. The molecule has 0 aliphatic rings. The molecule has 0 atom stereocenters. The van der Waals surface area contributed by atoms with Gasteiger partial charge in [-0.15, -0.1) is 10.2 Å². The van der Waals surface area contributed by atoms with Crippen LogP contribution in [0.2, 0.25) is 0 Å². The minimum absolute atomic E-state index is 0.00459. The molecule has 4 rings (SSSR count). The lowest BCUT2D eigenvalue weighted by Crippen LogP contribution is -2.14. The Morgan fingerprint density at radius 1 is 1.03 bits per heavy atom. The first kappa shape index (κ1) is 23.0. The molecular weight excluding hydrogens is 453 g/mol. The number of thioether (sulfide) groups is 1. The zero-order valence-electron chi connectivity index (χ0n) is 18.0. The first-order valence-electron chi connectivity index (χ1n) is 10.4. The number of rotatable bonds is 9. The van der Waals surface area contributed by atoms with E-state index in [1.165, 1.54) is 17.8 Å². The molecule has 0 fully saturated rings. The van der Waals surface area contributed by atoms with E-state index in [-0.39, 0.29) is 24.0 Å². The van der Waals surface area contributed by atoms with Crippen molar-refractivity contribution in [2.75, 3.05) is 11.1 Å². The quantitative estimate of drug-likeness (QED) is 0.352. The van der Waals surface area contributed by atoms with Crippen molar-refractivity contribution < 1.29 is 13.9 Å². The van der Waals surface area contributed by atoms with Crippen LogP contribution in [-0.2, 0) is 17.8 Å². The molecule has 0 spiro atoms. The van der Waals surface area contributed by atoms with Crippen LogP contribution in [0.3, 0.4) is 0 Å². The monoisotopic (exact) mass is 473 g/mol. The molecule has 1 amide bonds. The first-order valence-corrected chi connectivity index (χ1v) is 11.4. The standard InChI is InChI=1S/C25H20FN5O2S/c26-21-8-4-5-9-22(21)33-16-23-29-30-25(31(23)20-6-2-1-3-7-20)34-17-24(32)28-19-12-10-18(11-13-19)14-15-27/h1-13H,14,16-17H2,(H,28,32). The fourth-order valence-corrected chi connectivity index (χ4v) is 3.92. The number of carbonyl (C=O) groups excluding carboxylic acids is 1. The average Bonchev–Trinajstić information content (AvgIpc) is 3.27. The molecule has 0 radical (unpaired) electrons. The summed E-state index contributed by atoms with van der Waals surface area (Å²) in [4.78, 5) is 12.5. The van der Waals surface area contributed by atoms with Gasteiger partial charge < -0.3 is 10.1 Å². The highest BCUT2D eigenvalue weighted by atomic mass is 32.2. The lowest BCUT2D eigenvalue weighted by Gasteiger charge is -2.11. The number of amides is 1. The van der Waals surface area contributed by atoms with E-state index in [1.54, 1.807) is 47.0 Å². The van der Waals surface area contributed by atoms with E-state index in [9.17, 15) is 9.18 Å². The number of anilines is 1. The van der Waals surface area contributed by atoms with Crippen LogP contribution >= 0.6 is 11.8 Å². The number of ether oxygens (including phenoxy) is 1. The molecule has 0 unspecified atom stereocenters. The van der Waals surface area contributed by atoms with E-state index in [1.807, 2.05) is 30.3 Å². The van der Waals surface area contributed by atoms with Gasteiger partial charge in [0, 0.05) is 11.4 Å². The summed E-state index contributed by atoms with van der Waals surface area (Å²) < 4.78 is 21.3. The Morgan fingerprint density at radius 3 is 2.50 bits per heavy atom. The molecule has 3 aromatic carbocycles. The number of benzene rings is 3. The van der Waals surface area contributed by atoms with Gasteiger partial charge in [0.15, 0.2) is 22.5 Å². The van der Waals surface area contributed by atoms with Crippen molar-refractivity contribution in [3.8, 4) is 17.5 Å². The molecule has 34 heavy (non-hydrogen) atoms. The summed E-state index contributed by atoms with van der Waals surface area (Å²) >= 11 is 1.23. The number of hydrogen-bond donors (Lipinski definition) is 1. The van der Waals surface area contributed by atoms with E-state index < -0.39 is 5.82 Å². The van der Waals surface area contributed by atoms with Crippen molar-refractivity contribution >= 4 is 23.4 Å². The smallest absolute Gasteiger partial charge is 0.234 e. The highest BCUT2D eigenvalue weighted by Gasteiger charge is 2.17. The minimum atomic E-state index is -0.458. The van der Waals surface area contributed by atoms with Gasteiger partial charge in [0.2, 0.25) is 5.91 Å². The Labute approximate surface area is 200 Å². The third kappa shape index (κ3) is 5.79. The molecule has 0 aliphatic heterocycles. The molecule has 1 heterocycles. The van der Waals surface area contributed by atoms with Crippen molar-refractivity contribution in [2.45, 2.75) is 18.2 Å². The second kappa shape index (κ2) is 11.1. The van der Waals surface area contributed by atoms with Gasteiger partial charge in [0.1, 0.15) is 6.61 Å². The van der Waals surface area contributed by atoms with Crippen LogP contribution < -0.4 is 10.1 Å². The second-order valence-corrected chi connectivity index (χ2v) is 8.10. The number of halogens is 1. The highest BCUT2D eigenvalue weighted by Crippen LogP contribution is 2.24. The Balaban J connectivity index is 1.46. The fraction of sp³-hybridized carbons (Fsp3) is 0.120. The number of nitrogens with one attached hydrogen (secondary N) is 1. The minimum Gasteiger partial charge on any atom is -0.483 e. The van der Waals surface area contributed by atoms with Crippen LogP contribution in [0.25, 0.3) is 5.69 Å². The first-order chi connectivity index (χ1) is 16.6. The van der Waals surface area contributed by atoms with Crippen LogP contribution in [0.4, 0.5) is 10.1 Å². The summed E-state index contributed by atoms with van der Waals surface area (Å²) in [5.74, 6) is 0.0500. The van der Waals surface area contributed by atoms with Gasteiger partial charge in [-0.05, 0) is 42.0 Å². The Kier molecular flexibility index (Phi) is 7.53. The number of para-hydroxylation sites is 2. The van der Waals surface area contributed by atoms with Gasteiger partial charge in [-0.3, -0.25) is 9.36 Å². The lowest BCUT2D eigenvalue weighted by atomic mass is 10.1. The van der Waals surface area contributed by atoms with E-state index in [4.69, 9.17) is 10.00 Å². The summed E-state index contributed by atoms with van der Waals surface area (Å²) in [5.41, 5.74) is 2.34. The van der Waals surface area contributed by atoms with E-state index >= 15 is 0 Å². The number of nitrogens with zero attached hydrogens (tertiary/aromatic N) is 4. The summed E-state index contributed by atoms with van der Waals surface area (Å²) in [6.07, 6.45) is 0.322.